The normalized spacial score (nSPS) is 13.8. The molecule has 0 saturated carbocycles. The lowest BCUT2D eigenvalue weighted by Gasteiger charge is -2.30. The fourth-order valence-corrected chi connectivity index (χ4v) is 1.84. The van der Waals surface area contributed by atoms with Gasteiger partial charge in [-0.3, -0.25) is 0 Å². The summed E-state index contributed by atoms with van der Waals surface area (Å²) in [5.74, 6) is 1.08. The Balaban J connectivity index is 4.57. The Morgan fingerprint density at radius 1 is 1.29 bits per heavy atom. The molecule has 0 rings (SSSR count). The SMILES string of the molecule is C=C(CCCl)C(CC)C(=C)C(C)(C)C. The summed E-state index contributed by atoms with van der Waals surface area (Å²) in [5.41, 5.74) is 2.66. The van der Waals surface area contributed by atoms with Crippen molar-refractivity contribution in [2.24, 2.45) is 11.3 Å². The zero-order valence-corrected chi connectivity index (χ0v) is 10.7. The van der Waals surface area contributed by atoms with Gasteiger partial charge in [-0.25, -0.2) is 0 Å². The maximum Gasteiger partial charge on any atom is 0.0260 e. The van der Waals surface area contributed by atoms with Crippen molar-refractivity contribution in [1.29, 1.82) is 0 Å². The second kappa shape index (κ2) is 5.60. The first kappa shape index (κ1) is 13.8. The predicted octanol–water partition coefficient (Wildman–Crippen LogP) is 4.80. The van der Waals surface area contributed by atoms with E-state index < -0.39 is 0 Å². The molecule has 0 N–H and O–H groups in total. The summed E-state index contributed by atoms with van der Waals surface area (Å²) in [4.78, 5) is 0. The van der Waals surface area contributed by atoms with Crippen LogP contribution in [0.4, 0.5) is 0 Å². The maximum atomic E-state index is 5.73. The van der Waals surface area contributed by atoms with Gasteiger partial charge in [-0.1, -0.05) is 52.0 Å². The molecule has 0 radical (unpaired) electrons. The van der Waals surface area contributed by atoms with Crippen molar-refractivity contribution in [2.45, 2.75) is 40.5 Å². The zero-order valence-electron chi connectivity index (χ0n) is 9.99. The molecule has 0 aliphatic rings. The van der Waals surface area contributed by atoms with E-state index in [1.807, 2.05) is 0 Å². The number of hydrogen-bond donors (Lipinski definition) is 0. The summed E-state index contributed by atoms with van der Waals surface area (Å²) < 4.78 is 0. The van der Waals surface area contributed by atoms with Gasteiger partial charge in [0.1, 0.15) is 0 Å². The van der Waals surface area contributed by atoms with Crippen molar-refractivity contribution in [3.63, 3.8) is 0 Å². The van der Waals surface area contributed by atoms with Crippen LogP contribution in [0.1, 0.15) is 40.5 Å². The Morgan fingerprint density at radius 3 is 2.07 bits per heavy atom. The molecule has 0 amide bonds. The van der Waals surface area contributed by atoms with E-state index >= 15 is 0 Å². The Morgan fingerprint density at radius 2 is 1.79 bits per heavy atom. The van der Waals surface area contributed by atoms with Crippen molar-refractivity contribution in [3.05, 3.63) is 24.3 Å². The second-order valence-corrected chi connectivity index (χ2v) is 5.21. The molecule has 0 nitrogen and oxygen atoms in total. The van der Waals surface area contributed by atoms with E-state index in [-0.39, 0.29) is 5.41 Å². The van der Waals surface area contributed by atoms with Crippen LogP contribution in [-0.4, -0.2) is 5.88 Å². The lowest BCUT2D eigenvalue weighted by atomic mass is 9.75. The van der Waals surface area contributed by atoms with E-state index in [1.54, 1.807) is 0 Å². The molecule has 0 bridgehead atoms. The van der Waals surface area contributed by atoms with Crippen LogP contribution in [0.15, 0.2) is 24.3 Å². The zero-order chi connectivity index (χ0) is 11.4. The number of rotatable bonds is 5. The Hall–Kier alpha value is -0.230. The van der Waals surface area contributed by atoms with Crippen molar-refractivity contribution in [1.82, 2.24) is 0 Å². The third-order valence-electron chi connectivity index (χ3n) is 2.70. The Labute approximate surface area is 94.0 Å². The fraction of sp³-hybridized carbons (Fsp3) is 0.692. The van der Waals surface area contributed by atoms with Crippen molar-refractivity contribution in [3.8, 4) is 0 Å². The van der Waals surface area contributed by atoms with Gasteiger partial charge in [-0.05, 0) is 18.3 Å². The topological polar surface area (TPSA) is 0 Å². The number of hydrogen-bond acceptors (Lipinski definition) is 0. The van der Waals surface area contributed by atoms with Gasteiger partial charge >= 0.3 is 0 Å². The molecule has 0 fully saturated rings. The van der Waals surface area contributed by atoms with Crippen LogP contribution >= 0.6 is 11.6 Å². The minimum atomic E-state index is 0.163. The van der Waals surface area contributed by atoms with Gasteiger partial charge in [0.05, 0.1) is 0 Å². The second-order valence-electron chi connectivity index (χ2n) is 4.83. The van der Waals surface area contributed by atoms with Crippen LogP contribution < -0.4 is 0 Å². The van der Waals surface area contributed by atoms with Crippen molar-refractivity contribution in [2.75, 3.05) is 5.88 Å². The Kier molecular flexibility index (Phi) is 5.51. The summed E-state index contributed by atoms with van der Waals surface area (Å²) in [6.07, 6.45) is 1.97. The molecule has 0 saturated heterocycles. The molecule has 0 aromatic rings. The van der Waals surface area contributed by atoms with E-state index in [1.165, 1.54) is 11.1 Å². The highest BCUT2D eigenvalue weighted by molar-refractivity contribution is 6.18. The summed E-state index contributed by atoms with van der Waals surface area (Å²) in [6, 6.07) is 0. The summed E-state index contributed by atoms with van der Waals surface area (Å²) in [7, 11) is 0. The first-order chi connectivity index (χ1) is 6.34. The van der Waals surface area contributed by atoms with Crippen LogP contribution in [0.3, 0.4) is 0 Å². The molecule has 14 heavy (non-hydrogen) atoms. The van der Waals surface area contributed by atoms with Gasteiger partial charge in [0.2, 0.25) is 0 Å². The largest absolute Gasteiger partial charge is 0.126 e. The number of allylic oxidation sites excluding steroid dienone is 2. The van der Waals surface area contributed by atoms with E-state index in [9.17, 15) is 0 Å². The number of alkyl halides is 1. The molecule has 0 aromatic heterocycles. The third kappa shape index (κ3) is 3.88. The Bertz CT molecular complexity index is 208. The number of halogens is 1. The summed E-state index contributed by atoms with van der Waals surface area (Å²) >= 11 is 5.73. The highest BCUT2D eigenvalue weighted by Crippen LogP contribution is 2.36. The third-order valence-corrected chi connectivity index (χ3v) is 2.89. The van der Waals surface area contributed by atoms with Crippen LogP contribution in [0.5, 0.6) is 0 Å². The molecule has 1 atom stereocenters. The highest BCUT2D eigenvalue weighted by atomic mass is 35.5. The molecular weight excluding hydrogens is 192 g/mol. The molecule has 1 unspecified atom stereocenters. The molecule has 0 spiro atoms. The van der Waals surface area contributed by atoms with E-state index in [4.69, 9.17) is 11.6 Å². The van der Waals surface area contributed by atoms with E-state index in [2.05, 4.69) is 40.9 Å². The van der Waals surface area contributed by atoms with E-state index in [0.717, 1.165) is 12.8 Å². The average Bonchev–Trinajstić information content (AvgIpc) is 2.04. The molecule has 1 heteroatoms. The lowest BCUT2D eigenvalue weighted by Crippen LogP contribution is -2.18. The minimum absolute atomic E-state index is 0.163. The van der Waals surface area contributed by atoms with Gasteiger partial charge in [-0.2, -0.15) is 0 Å². The molecule has 0 aromatic carbocycles. The molecular formula is C13H23Cl. The van der Waals surface area contributed by atoms with Gasteiger partial charge in [0.25, 0.3) is 0 Å². The van der Waals surface area contributed by atoms with Gasteiger partial charge in [0, 0.05) is 11.8 Å². The molecule has 0 aliphatic carbocycles. The molecule has 0 heterocycles. The van der Waals surface area contributed by atoms with Crippen LogP contribution in [0.25, 0.3) is 0 Å². The molecule has 0 aliphatic heterocycles. The summed E-state index contributed by atoms with van der Waals surface area (Å²) in [6.45, 7) is 17.1. The van der Waals surface area contributed by atoms with Crippen LogP contribution in [0.2, 0.25) is 0 Å². The monoisotopic (exact) mass is 214 g/mol. The maximum absolute atomic E-state index is 5.73. The highest BCUT2D eigenvalue weighted by Gasteiger charge is 2.23. The van der Waals surface area contributed by atoms with E-state index in [0.29, 0.717) is 11.8 Å². The smallest absolute Gasteiger partial charge is 0.0260 e. The van der Waals surface area contributed by atoms with Crippen molar-refractivity contribution >= 4 is 11.6 Å². The fourth-order valence-electron chi connectivity index (χ4n) is 1.60. The summed E-state index contributed by atoms with van der Waals surface area (Å²) in [5, 5.41) is 0. The predicted molar refractivity (Wildman–Crippen MR) is 66.9 cm³/mol. The molecule has 82 valence electrons. The van der Waals surface area contributed by atoms with Gasteiger partial charge in [0.15, 0.2) is 0 Å². The first-order valence-electron chi connectivity index (χ1n) is 5.27. The average molecular weight is 215 g/mol. The standard InChI is InChI=1S/C13H23Cl/c1-7-12(10(2)8-9-14)11(3)13(4,5)6/h12H,2-3,7-9H2,1,4-6H3. The van der Waals surface area contributed by atoms with Gasteiger partial charge in [-0.15, -0.1) is 11.6 Å². The first-order valence-corrected chi connectivity index (χ1v) is 5.81. The van der Waals surface area contributed by atoms with Gasteiger partial charge < -0.3 is 0 Å². The lowest BCUT2D eigenvalue weighted by molar-refractivity contribution is 0.438. The minimum Gasteiger partial charge on any atom is -0.126 e. The van der Waals surface area contributed by atoms with Crippen molar-refractivity contribution < 1.29 is 0 Å². The quantitative estimate of drug-likeness (QED) is 0.456. The van der Waals surface area contributed by atoms with Crippen LogP contribution in [-0.2, 0) is 0 Å². The van der Waals surface area contributed by atoms with Crippen LogP contribution in [0, 0.1) is 11.3 Å².